The fourth-order valence-corrected chi connectivity index (χ4v) is 1.80. The lowest BCUT2D eigenvalue weighted by Crippen LogP contribution is -2.30. The smallest absolute Gasteiger partial charge is 0.0544 e. The fourth-order valence-electron chi connectivity index (χ4n) is 1.56. The first-order valence-electron chi connectivity index (χ1n) is 5.79. The maximum Gasteiger partial charge on any atom is 0.0544 e. The van der Waals surface area contributed by atoms with E-state index in [9.17, 15) is 0 Å². The molecule has 1 heterocycles. The molecule has 0 unspecified atom stereocenters. The summed E-state index contributed by atoms with van der Waals surface area (Å²) in [4.78, 5) is 6.74. The monoisotopic (exact) mass is 285 g/mol. The third-order valence-corrected chi connectivity index (χ3v) is 2.92. The van der Waals surface area contributed by atoms with Crippen molar-refractivity contribution in [3.63, 3.8) is 0 Å². The summed E-state index contributed by atoms with van der Waals surface area (Å²) in [6, 6.07) is 4.09. The van der Waals surface area contributed by atoms with Crippen molar-refractivity contribution in [2.75, 3.05) is 19.6 Å². The summed E-state index contributed by atoms with van der Waals surface area (Å²) in [6.45, 7) is 5.85. The second kappa shape index (κ2) is 7.76. The van der Waals surface area contributed by atoms with Gasteiger partial charge in [0.15, 0.2) is 0 Å². The van der Waals surface area contributed by atoms with Crippen LogP contribution in [0.1, 0.15) is 25.5 Å². The van der Waals surface area contributed by atoms with Gasteiger partial charge >= 0.3 is 0 Å². The topological polar surface area (TPSA) is 42.1 Å². The van der Waals surface area contributed by atoms with E-state index >= 15 is 0 Å². The Labute approximate surface area is 106 Å². The van der Waals surface area contributed by atoms with Crippen LogP contribution in [0.3, 0.4) is 0 Å². The number of aromatic nitrogens is 1. The molecule has 1 aromatic heterocycles. The maximum absolute atomic E-state index is 5.61. The third kappa shape index (κ3) is 5.05. The third-order valence-electron chi connectivity index (χ3n) is 2.45. The first-order chi connectivity index (χ1) is 7.76. The molecule has 2 N–H and O–H groups in total. The molecule has 0 atom stereocenters. The van der Waals surface area contributed by atoms with Gasteiger partial charge in [-0.25, -0.2) is 0 Å². The summed E-state index contributed by atoms with van der Waals surface area (Å²) in [6.07, 6.45) is 4.28. The number of hydrogen-bond acceptors (Lipinski definition) is 3. The summed E-state index contributed by atoms with van der Waals surface area (Å²) in [7, 11) is 0. The van der Waals surface area contributed by atoms with E-state index in [0.717, 1.165) is 29.8 Å². The first kappa shape index (κ1) is 13.6. The minimum Gasteiger partial charge on any atom is -0.329 e. The lowest BCUT2D eigenvalue weighted by atomic mass is 10.2. The Morgan fingerprint density at radius 3 is 2.75 bits per heavy atom. The van der Waals surface area contributed by atoms with Crippen molar-refractivity contribution >= 4 is 15.9 Å². The van der Waals surface area contributed by atoms with Crippen LogP contribution in [0.5, 0.6) is 0 Å². The quantitative estimate of drug-likeness (QED) is 0.837. The van der Waals surface area contributed by atoms with Crippen LogP contribution >= 0.6 is 15.9 Å². The van der Waals surface area contributed by atoms with E-state index in [2.05, 4.69) is 38.8 Å². The number of nitrogens with two attached hydrogens (primary N) is 1. The van der Waals surface area contributed by atoms with Gasteiger partial charge in [-0.1, -0.05) is 13.3 Å². The van der Waals surface area contributed by atoms with Crippen molar-refractivity contribution in [2.45, 2.75) is 26.3 Å². The lowest BCUT2D eigenvalue weighted by molar-refractivity contribution is 0.265. The maximum atomic E-state index is 5.61. The van der Waals surface area contributed by atoms with E-state index in [1.807, 2.05) is 12.3 Å². The Morgan fingerprint density at radius 2 is 2.19 bits per heavy atom. The highest BCUT2D eigenvalue weighted by atomic mass is 79.9. The van der Waals surface area contributed by atoms with E-state index in [1.54, 1.807) is 0 Å². The van der Waals surface area contributed by atoms with E-state index in [-0.39, 0.29) is 0 Å². The molecule has 4 heteroatoms. The van der Waals surface area contributed by atoms with Crippen molar-refractivity contribution < 1.29 is 0 Å². The van der Waals surface area contributed by atoms with Crippen LogP contribution in [0, 0.1) is 0 Å². The molecule has 0 aliphatic heterocycles. The van der Waals surface area contributed by atoms with Gasteiger partial charge in [-0.15, -0.1) is 0 Å². The minimum atomic E-state index is 0.709. The molecule has 90 valence electrons. The van der Waals surface area contributed by atoms with Crippen molar-refractivity contribution in [3.8, 4) is 0 Å². The number of pyridine rings is 1. The molecule has 0 bridgehead atoms. The average molecular weight is 286 g/mol. The summed E-state index contributed by atoms with van der Waals surface area (Å²) < 4.78 is 1.02. The van der Waals surface area contributed by atoms with Crippen LogP contribution in [0.4, 0.5) is 0 Å². The molecule has 0 aliphatic rings. The number of rotatable bonds is 7. The fraction of sp³-hybridized carbons (Fsp3) is 0.583. The Hall–Kier alpha value is -0.450. The van der Waals surface area contributed by atoms with Gasteiger partial charge in [0, 0.05) is 30.3 Å². The molecular weight excluding hydrogens is 266 g/mol. The number of halogens is 1. The normalized spacial score (nSPS) is 11.0. The van der Waals surface area contributed by atoms with Crippen LogP contribution in [0.15, 0.2) is 22.8 Å². The average Bonchev–Trinajstić information content (AvgIpc) is 2.29. The second-order valence-electron chi connectivity index (χ2n) is 3.89. The molecule has 1 rings (SSSR count). The Kier molecular flexibility index (Phi) is 6.61. The molecule has 0 spiro atoms. The van der Waals surface area contributed by atoms with Gasteiger partial charge in [0.25, 0.3) is 0 Å². The van der Waals surface area contributed by atoms with Crippen LogP contribution in [0.2, 0.25) is 0 Å². The number of hydrogen-bond donors (Lipinski definition) is 1. The largest absolute Gasteiger partial charge is 0.329 e. The Balaban J connectivity index is 2.49. The highest BCUT2D eigenvalue weighted by Gasteiger charge is 2.05. The molecule has 0 aromatic carbocycles. The second-order valence-corrected chi connectivity index (χ2v) is 4.80. The Morgan fingerprint density at radius 1 is 1.38 bits per heavy atom. The van der Waals surface area contributed by atoms with E-state index < -0.39 is 0 Å². The zero-order valence-corrected chi connectivity index (χ0v) is 11.4. The van der Waals surface area contributed by atoms with Crippen molar-refractivity contribution in [3.05, 3.63) is 28.5 Å². The van der Waals surface area contributed by atoms with Gasteiger partial charge in [-0.05, 0) is 41.0 Å². The van der Waals surface area contributed by atoms with Gasteiger partial charge < -0.3 is 5.73 Å². The van der Waals surface area contributed by atoms with E-state index in [4.69, 9.17) is 5.73 Å². The standard InChI is InChI=1S/C12H20BrN3/c1-2-3-7-16(8-6-14)10-12-5-4-11(13)9-15-12/h4-5,9H,2-3,6-8,10,14H2,1H3. The Bertz CT molecular complexity index is 287. The van der Waals surface area contributed by atoms with Gasteiger partial charge in [0.2, 0.25) is 0 Å². The molecule has 0 aliphatic carbocycles. The highest BCUT2D eigenvalue weighted by molar-refractivity contribution is 9.10. The summed E-state index contributed by atoms with van der Waals surface area (Å²) in [5.41, 5.74) is 6.71. The zero-order valence-electron chi connectivity index (χ0n) is 9.82. The number of unbranched alkanes of at least 4 members (excludes halogenated alkanes) is 1. The molecular formula is C12H20BrN3. The zero-order chi connectivity index (χ0) is 11.8. The van der Waals surface area contributed by atoms with Crippen LogP contribution in [0.25, 0.3) is 0 Å². The van der Waals surface area contributed by atoms with Gasteiger partial charge in [-0.3, -0.25) is 9.88 Å². The van der Waals surface area contributed by atoms with Gasteiger partial charge in [-0.2, -0.15) is 0 Å². The van der Waals surface area contributed by atoms with Crippen LogP contribution in [-0.4, -0.2) is 29.5 Å². The summed E-state index contributed by atoms with van der Waals surface area (Å²) in [5, 5.41) is 0. The minimum absolute atomic E-state index is 0.709. The number of nitrogens with zero attached hydrogens (tertiary/aromatic N) is 2. The molecule has 0 fully saturated rings. The molecule has 16 heavy (non-hydrogen) atoms. The predicted octanol–water partition coefficient (Wildman–Crippen LogP) is 2.40. The molecule has 0 saturated heterocycles. The van der Waals surface area contributed by atoms with Crippen molar-refractivity contribution in [1.82, 2.24) is 9.88 Å². The van der Waals surface area contributed by atoms with E-state index in [0.29, 0.717) is 6.54 Å². The molecule has 0 saturated carbocycles. The van der Waals surface area contributed by atoms with Gasteiger partial charge in [0.1, 0.15) is 0 Å². The van der Waals surface area contributed by atoms with Crippen molar-refractivity contribution in [2.24, 2.45) is 5.73 Å². The predicted molar refractivity (Wildman–Crippen MR) is 71.2 cm³/mol. The first-order valence-corrected chi connectivity index (χ1v) is 6.58. The summed E-state index contributed by atoms with van der Waals surface area (Å²) in [5.74, 6) is 0. The SMILES string of the molecule is CCCCN(CCN)Cc1ccc(Br)cn1. The van der Waals surface area contributed by atoms with Crippen LogP contribution in [-0.2, 0) is 6.54 Å². The molecule has 0 amide bonds. The van der Waals surface area contributed by atoms with Crippen LogP contribution < -0.4 is 5.73 Å². The molecule has 0 radical (unpaired) electrons. The summed E-state index contributed by atoms with van der Waals surface area (Å²) >= 11 is 3.39. The molecule has 1 aromatic rings. The lowest BCUT2D eigenvalue weighted by Gasteiger charge is -2.20. The highest BCUT2D eigenvalue weighted by Crippen LogP contribution is 2.09. The molecule has 3 nitrogen and oxygen atoms in total. The van der Waals surface area contributed by atoms with E-state index in [1.165, 1.54) is 12.8 Å². The van der Waals surface area contributed by atoms with Gasteiger partial charge in [0.05, 0.1) is 5.69 Å². The van der Waals surface area contributed by atoms with Crippen molar-refractivity contribution in [1.29, 1.82) is 0 Å².